The number of ketones is 1. The molecule has 6 rings (SSSR count). The van der Waals surface area contributed by atoms with Crippen LogP contribution in [0.1, 0.15) is 36.6 Å². The second-order valence-electron chi connectivity index (χ2n) is 10.7. The monoisotopic (exact) mass is 670 g/mol. The molecule has 10 heteroatoms. The maximum atomic E-state index is 13.2. The largest absolute Gasteiger partial charge is 0.508 e. The number of phenolic OH excluding ortho intramolecular Hbond substituents is 1. The highest BCUT2D eigenvalue weighted by molar-refractivity contribution is 7.91. The van der Waals surface area contributed by atoms with Crippen molar-refractivity contribution in [3.8, 4) is 34.5 Å². The summed E-state index contributed by atoms with van der Waals surface area (Å²) < 4.78 is 43.4. The lowest BCUT2D eigenvalue weighted by Crippen LogP contribution is -2.08. The van der Waals surface area contributed by atoms with E-state index in [1.54, 1.807) is 60.7 Å². The van der Waals surface area contributed by atoms with Crippen LogP contribution in [0, 0.1) is 0 Å². The highest BCUT2D eigenvalue weighted by Gasteiger charge is 2.18. The molecule has 0 bridgehead atoms. The van der Waals surface area contributed by atoms with E-state index in [4.69, 9.17) is 14.2 Å². The minimum absolute atomic E-state index is 0.0640. The van der Waals surface area contributed by atoms with Gasteiger partial charge in [-0.05, 0) is 146 Å². The SMILES string of the molecule is O=Cc1ccc(Oc2ccc(S(=O)(=O)c3ccc(Oc4ccc(C(=O)Oc5ccc(C(=O)c6ccc(O)cc6)cc5)cc4)cc3)cc2)cc1. The fourth-order valence-electron chi connectivity index (χ4n) is 4.68. The molecule has 0 radical (unpaired) electrons. The number of sulfone groups is 1. The maximum Gasteiger partial charge on any atom is 0.343 e. The molecule has 0 fully saturated rings. The van der Waals surface area contributed by atoms with Crippen LogP contribution < -0.4 is 14.2 Å². The molecule has 0 aliphatic heterocycles. The van der Waals surface area contributed by atoms with Crippen LogP contribution in [0.5, 0.6) is 34.5 Å². The van der Waals surface area contributed by atoms with E-state index in [2.05, 4.69) is 0 Å². The maximum absolute atomic E-state index is 13.2. The van der Waals surface area contributed by atoms with Gasteiger partial charge in [0.1, 0.15) is 40.8 Å². The molecule has 242 valence electrons. The summed E-state index contributed by atoms with van der Waals surface area (Å²) in [7, 11) is -3.82. The lowest BCUT2D eigenvalue weighted by atomic mass is 10.0. The molecule has 0 spiro atoms. The summed E-state index contributed by atoms with van der Waals surface area (Å²) in [4.78, 5) is 36.3. The summed E-state index contributed by atoms with van der Waals surface area (Å²) >= 11 is 0. The van der Waals surface area contributed by atoms with E-state index in [1.807, 2.05) is 0 Å². The van der Waals surface area contributed by atoms with E-state index in [0.717, 1.165) is 6.29 Å². The third-order valence-electron chi connectivity index (χ3n) is 7.30. The summed E-state index contributed by atoms with van der Waals surface area (Å²) in [6.07, 6.45) is 0.734. The number of hydrogen-bond acceptors (Lipinski definition) is 9. The first-order valence-corrected chi connectivity index (χ1v) is 16.3. The molecule has 49 heavy (non-hydrogen) atoms. The molecule has 0 amide bonds. The zero-order valence-corrected chi connectivity index (χ0v) is 26.4. The molecule has 0 aromatic heterocycles. The third-order valence-corrected chi connectivity index (χ3v) is 9.09. The first-order chi connectivity index (χ1) is 23.7. The first kappa shape index (κ1) is 32.4. The molecular weight excluding hydrogens is 644 g/mol. The van der Waals surface area contributed by atoms with E-state index in [1.165, 1.54) is 84.9 Å². The van der Waals surface area contributed by atoms with E-state index < -0.39 is 15.8 Å². The van der Waals surface area contributed by atoms with Crippen molar-refractivity contribution >= 4 is 27.9 Å². The van der Waals surface area contributed by atoms with Crippen molar-refractivity contribution in [2.24, 2.45) is 0 Å². The average molecular weight is 671 g/mol. The Bertz CT molecular complexity index is 2210. The van der Waals surface area contributed by atoms with Gasteiger partial charge in [0.2, 0.25) is 9.84 Å². The van der Waals surface area contributed by atoms with Gasteiger partial charge in [0.25, 0.3) is 0 Å². The summed E-state index contributed by atoms with van der Waals surface area (Å²) in [5.74, 6) is 1.24. The number of esters is 1. The smallest absolute Gasteiger partial charge is 0.343 e. The molecule has 0 unspecified atom stereocenters. The predicted molar refractivity (Wildman–Crippen MR) is 180 cm³/mol. The van der Waals surface area contributed by atoms with Gasteiger partial charge in [-0.1, -0.05) is 0 Å². The zero-order chi connectivity index (χ0) is 34.4. The Morgan fingerprint density at radius 1 is 0.490 bits per heavy atom. The van der Waals surface area contributed by atoms with E-state index in [-0.39, 0.29) is 32.6 Å². The number of aromatic hydroxyl groups is 1. The number of ether oxygens (including phenoxy) is 3. The Morgan fingerprint density at radius 2 is 0.857 bits per heavy atom. The summed E-state index contributed by atoms with van der Waals surface area (Å²) in [5, 5.41) is 9.42. The molecule has 0 aliphatic carbocycles. The molecule has 6 aromatic carbocycles. The van der Waals surface area contributed by atoms with Crippen molar-refractivity contribution in [2.75, 3.05) is 0 Å². The molecule has 0 atom stereocenters. The van der Waals surface area contributed by atoms with Crippen molar-refractivity contribution in [1.29, 1.82) is 0 Å². The van der Waals surface area contributed by atoms with Gasteiger partial charge in [0.05, 0.1) is 15.4 Å². The molecule has 6 aromatic rings. The predicted octanol–water partition coefficient (Wildman–Crippen LogP) is 8.07. The molecule has 0 aliphatic rings. The second kappa shape index (κ2) is 14.1. The quantitative estimate of drug-likeness (QED) is 0.0629. The van der Waals surface area contributed by atoms with Crippen LogP contribution in [0.2, 0.25) is 0 Å². The molecule has 9 nitrogen and oxygen atoms in total. The van der Waals surface area contributed by atoms with Gasteiger partial charge in [-0.3, -0.25) is 9.59 Å². The van der Waals surface area contributed by atoms with Crippen LogP contribution in [0.3, 0.4) is 0 Å². The second-order valence-corrected chi connectivity index (χ2v) is 12.6. The summed E-state index contributed by atoms with van der Waals surface area (Å²) in [5.41, 5.74) is 1.61. The van der Waals surface area contributed by atoms with E-state index >= 15 is 0 Å². The zero-order valence-electron chi connectivity index (χ0n) is 25.6. The summed E-state index contributed by atoms with van der Waals surface area (Å²) in [6.45, 7) is 0. The molecule has 0 saturated heterocycles. The number of hydrogen-bond donors (Lipinski definition) is 1. The van der Waals surface area contributed by atoms with Gasteiger partial charge < -0.3 is 19.3 Å². The van der Waals surface area contributed by atoms with Gasteiger partial charge in [-0.2, -0.15) is 0 Å². The van der Waals surface area contributed by atoms with Crippen LogP contribution in [0.25, 0.3) is 0 Å². The van der Waals surface area contributed by atoms with E-state index in [9.17, 15) is 27.9 Å². The van der Waals surface area contributed by atoms with Crippen LogP contribution in [-0.4, -0.2) is 31.6 Å². The lowest BCUT2D eigenvalue weighted by Gasteiger charge is -2.10. The fraction of sp³-hybridized carbons (Fsp3) is 0. The van der Waals surface area contributed by atoms with Crippen molar-refractivity contribution in [1.82, 2.24) is 0 Å². The highest BCUT2D eigenvalue weighted by Crippen LogP contribution is 2.29. The van der Waals surface area contributed by atoms with Crippen LogP contribution in [0.4, 0.5) is 0 Å². The Morgan fingerprint density at radius 3 is 1.31 bits per heavy atom. The third kappa shape index (κ3) is 7.73. The molecule has 0 heterocycles. The number of carbonyl (C=O) groups is 3. The van der Waals surface area contributed by atoms with Crippen molar-refractivity contribution < 1.29 is 42.1 Å². The van der Waals surface area contributed by atoms with Crippen LogP contribution >= 0.6 is 0 Å². The highest BCUT2D eigenvalue weighted by atomic mass is 32.2. The average Bonchev–Trinajstić information content (AvgIpc) is 3.13. The van der Waals surface area contributed by atoms with Gasteiger partial charge in [0, 0.05) is 16.7 Å². The Hall–Kier alpha value is -6.52. The fourth-order valence-corrected chi connectivity index (χ4v) is 5.94. The Kier molecular flexibility index (Phi) is 9.32. The number of carbonyl (C=O) groups excluding carboxylic acids is 3. The number of phenols is 1. The number of rotatable bonds is 11. The van der Waals surface area contributed by atoms with Crippen molar-refractivity contribution in [2.45, 2.75) is 9.79 Å². The molecular formula is C39H26O9S. The first-order valence-electron chi connectivity index (χ1n) is 14.8. The minimum Gasteiger partial charge on any atom is -0.508 e. The number of benzene rings is 6. The standard InChI is InChI=1S/C39H26O9S/c40-25-26-1-11-31(12-2-26)46-33-17-21-36(22-18-33)49(44,45)37-23-19-34(20-24-37)47-32-15-7-29(8-16-32)39(43)48-35-13-5-28(6-14-35)38(42)27-3-9-30(41)10-4-27/h1-25,41H. The van der Waals surface area contributed by atoms with Gasteiger partial charge in [-0.25, -0.2) is 13.2 Å². The van der Waals surface area contributed by atoms with Crippen molar-refractivity contribution in [3.05, 3.63) is 168 Å². The Labute approximate surface area is 281 Å². The molecule has 1 N–H and O–H groups in total. The minimum atomic E-state index is -3.82. The van der Waals surface area contributed by atoms with E-state index in [0.29, 0.717) is 39.7 Å². The number of aldehydes is 1. The van der Waals surface area contributed by atoms with Crippen molar-refractivity contribution in [3.63, 3.8) is 0 Å². The topological polar surface area (TPSA) is 133 Å². The normalized spacial score (nSPS) is 10.9. The van der Waals surface area contributed by atoms with Crippen LogP contribution in [-0.2, 0) is 9.84 Å². The summed E-state index contributed by atoms with van der Waals surface area (Å²) in [6, 6.07) is 36.8. The van der Waals surface area contributed by atoms with Crippen LogP contribution in [0.15, 0.2) is 155 Å². The lowest BCUT2D eigenvalue weighted by molar-refractivity contribution is 0.0734. The molecule has 0 saturated carbocycles. The Balaban J connectivity index is 1.04. The van der Waals surface area contributed by atoms with Gasteiger partial charge in [-0.15, -0.1) is 0 Å². The van der Waals surface area contributed by atoms with Gasteiger partial charge >= 0.3 is 5.97 Å². The van der Waals surface area contributed by atoms with Gasteiger partial charge in [0.15, 0.2) is 5.78 Å².